The number of nitrogens with zero attached hydrogens (tertiary/aromatic N) is 3. The molecule has 8 heteroatoms. The molecule has 2 N–H and O–H groups in total. The fraction of sp³-hybridized carbons (Fsp3) is 0.615. The minimum Gasteiger partial charge on any atom is -0.408 e. The highest BCUT2D eigenvalue weighted by atomic mass is 16.4. The van der Waals surface area contributed by atoms with Crippen molar-refractivity contribution in [2.24, 2.45) is 5.41 Å². The van der Waals surface area contributed by atoms with Gasteiger partial charge in [-0.3, -0.25) is 4.79 Å². The Morgan fingerprint density at radius 1 is 1.26 bits per heavy atom. The van der Waals surface area contributed by atoms with E-state index in [2.05, 4.69) is 54.3 Å². The standard InChI is InChI=1S/C26H37N5O3/c1-5-6-9-14-31-15-12-26(18-27,13-16-31)30-23(32)20(17-25(2,3)4)28-22-19-10-7-8-11-21(19)34-24(33)29-22/h7-8,10-11,20H,5-6,9,12-17H2,1-4H3,(H,30,32)(H,28,29,33)/t20-/m0/s1. The quantitative estimate of drug-likeness (QED) is 0.535. The Morgan fingerprint density at radius 3 is 2.62 bits per heavy atom. The lowest BCUT2D eigenvalue weighted by Gasteiger charge is -2.39. The van der Waals surface area contributed by atoms with Crippen molar-refractivity contribution < 1.29 is 9.21 Å². The zero-order valence-corrected chi connectivity index (χ0v) is 20.8. The Labute approximate surface area is 201 Å². The highest BCUT2D eigenvalue weighted by Crippen LogP contribution is 2.27. The molecule has 8 nitrogen and oxygen atoms in total. The van der Waals surface area contributed by atoms with Gasteiger partial charge in [-0.2, -0.15) is 10.2 Å². The number of nitriles is 1. The highest BCUT2D eigenvalue weighted by Gasteiger charge is 2.38. The largest absolute Gasteiger partial charge is 0.441 e. The normalized spacial score (nSPS) is 17.1. The SMILES string of the molecule is CCCCCN1CCC(C#N)(NC(=O)[C@H](CC(C)(C)C)Nc2nc(=O)oc3ccccc23)CC1. The first-order valence-corrected chi connectivity index (χ1v) is 12.3. The predicted molar refractivity (Wildman–Crippen MR) is 133 cm³/mol. The Bertz CT molecular complexity index is 1070. The molecule has 1 amide bonds. The van der Waals surface area contributed by atoms with Crippen molar-refractivity contribution in [1.29, 1.82) is 5.26 Å². The summed E-state index contributed by atoms with van der Waals surface area (Å²) in [6.45, 7) is 11.0. The number of nitrogens with one attached hydrogen (secondary N) is 2. The summed E-state index contributed by atoms with van der Waals surface area (Å²) in [5.41, 5.74) is -0.655. The molecule has 0 spiro atoms. The number of fused-ring (bicyclic) bond motifs is 1. The first kappa shape index (κ1) is 25.7. The van der Waals surface area contributed by atoms with Crippen LogP contribution in [-0.2, 0) is 4.79 Å². The van der Waals surface area contributed by atoms with Gasteiger partial charge in [0.25, 0.3) is 0 Å². The van der Waals surface area contributed by atoms with E-state index in [1.807, 2.05) is 6.07 Å². The van der Waals surface area contributed by atoms with Crippen LogP contribution in [0.25, 0.3) is 11.0 Å². The molecule has 1 aromatic carbocycles. The summed E-state index contributed by atoms with van der Waals surface area (Å²) in [5.74, 6) is -0.664. The van der Waals surface area contributed by atoms with Crippen molar-refractivity contribution in [3.05, 3.63) is 34.8 Å². The number of likely N-dealkylation sites (tertiary alicyclic amines) is 1. The number of hydrogen-bond donors (Lipinski definition) is 2. The second kappa shape index (κ2) is 11.0. The molecule has 3 rings (SSSR count). The molecule has 0 saturated carbocycles. The molecule has 1 atom stereocenters. The Balaban J connectivity index is 1.77. The summed E-state index contributed by atoms with van der Waals surface area (Å²) < 4.78 is 5.19. The van der Waals surface area contributed by atoms with E-state index in [1.165, 1.54) is 12.8 Å². The second-order valence-electron chi connectivity index (χ2n) is 10.5. The monoisotopic (exact) mass is 467 g/mol. The number of unbranched alkanes of at least 4 members (excludes halogenated alkanes) is 2. The van der Waals surface area contributed by atoms with Crippen LogP contribution in [-0.4, -0.2) is 47.0 Å². The summed E-state index contributed by atoms with van der Waals surface area (Å²) in [7, 11) is 0. The lowest BCUT2D eigenvalue weighted by molar-refractivity contribution is -0.124. The van der Waals surface area contributed by atoms with Crippen LogP contribution in [0.5, 0.6) is 0 Å². The summed E-state index contributed by atoms with van der Waals surface area (Å²) >= 11 is 0. The van der Waals surface area contributed by atoms with Gasteiger partial charge in [-0.05, 0) is 49.8 Å². The van der Waals surface area contributed by atoms with E-state index < -0.39 is 17.3 Å². The maximum absolute atomic E-state index is 13.5. The van der Waals surface area contributed by atoms with Gasteiger partial charge in [0.05, 0.1) is 11.5 Å². The lowest BCUT2D eigenvalue weighted by Crippen LogP contribution is -2.57. The molecule has 184 valence electrons. The fourth-order valence-corrected chi connectivity index (χ4v) is 4.45. The number of anilines is 1. The molecule has 2 aromatic rings. The predicted octanol–water partition coefficient (Wildman–Crippen LogP) is 4.07. The molecule has 1 aliphatic heterocycles. The third-order valence-corrected chi connectivity index (χ3v) is 6.35. The molecule has 1 fully saturated rings. The second-order valence-corrected chi connectivity index (χ2v) is 10.5. The molecule has 2 heterocycles. The first-order valence-electron chi connectivity index (χ1n) is 12.3. The Morgan fingerprint density at radius 2 is 1.97 bits per heavy atom. The zero-order valence-electron chi connectivity index (χ0n) is 20.8. The van der Waals surface area contributed by atoms with Crippen LogP contribution in [0.4, 0.5) is 5.82 Å². The first-order chi connectivity index (χ1) is 16.1. The van der Waals surface area contributed by atoms with Gasteiger partial charge in [-0.1, -0.05) is 52.7 Å². The van der Waals surface area contributed by atoms with E-state index in [-0.39, 0.29) is 11.3 Å². The highest BCUT2D eigenvalue weighted by molar-refractivity contribution is 5.91. The van der Waals surface area contributed by atoms with Crippen molar-refractivity contribution in [2.75, 3.05) is 25.0 Å². The number of piperidine rings is 1. The van der Waals surface area contributed by atoms with Gasteiger partial charge >= 0.3 is 5.76 Å². The molecule has 0 radical (unpaired) electrons. The van der Waals surface area contributed by atoms with Crippen LogP contribution in [0.1, 0.15) is 66.2 Å². The molecule has 1 aromatic heterocycles. The van der Waals surface area contributed by atoms with Gasteiger partial charge in [-0.25, -0.2) is 4.79 Å². The van der Waals surface area contributed by atoms with Crippen LogP contribution in [0, 0.1) is 16.7 Å². The van der Waals surface area contributed by atoms with Gasteiger partial charge in [0.2, 0.25) is 5.91 Å². The third-order valence-electron chi connectivity index (χ3n) is 6.35. The van der Waals surface area contributed by atoms with Crippen molar-refractivity contribution in [3.8, 4) is 6.07 Å². The maximum Gasteiger partial charge on any atom is 0.441 e. The third kappa shape index (κ3) is 6.80. The van der Waals surface area contributed by atoms with Crippen LogP contribution in [0.15, 0.2) is 33.5 Å². The number of carbonyl (C=O) groups is 1. The molecular formula is C26H37N5O3. The molecule has 0 aliphatic carbocycles. The zero-order chi connectivity index (χ0) is 24.8. The smallest absolute Gasteiger partial charge is 0.408 e. The van der Waals surface area contributed by atoms with Crippen LogP contribution < -0.4 is 16.4 Å². The molecular weight excluding hydrogens is 430 g/mol. The number of amides is 1. The van der Waals surface area contributed by atoms with E-state index in [9.17, 15) is 14.9 Å². The topological polar surface area (TPSA) is 111 Å². The van der Waals surface area contributed by atoms with Crippen molar-refractivity contribution in [2.45, 2.75) is 77.8 Å². The number of para-hydroxylation sites is 1. The average molecular weight is 468 g/mol. The van der Waals surface area contributed by atoms with E-state index in [4.69, 9.17) is 4.42 Å². The van der Waals surface area contributed by atoms with E-state index >= 15 is 0 Å². The number of aromatic nitrogens is 1. The fourth-order valence-electron chi connectivity index (χ4n) is 4.45. The molecule has 0 unspecified atom stereocenters. The van der Waals surface area contributed by atoms with Crippen molar-refractivity contribution >= 4 is 22.7 Å². The van der Waals surface area contributed by atoms with Gasteiger partial charge in [0.1, 0.15) is 23.0 Å². The summed E-state index contributed by atoms with van der Waals surface area (Å²) in [4.78, 5) is 31.9. The molecule has 1 saturated heterocycles. The van der Waals surface area contributed by atoms with Gasteiger partial charge in [0.15, 0.2) is 0 Å². The molecule has 0 bridgehead atoms. The van der Waals surface area contributed by atoms with Gasteiger partial charge in [-0.15, -0.1) is 0 Å². The van der Waals surface area contributed by atoms with Gasteiger partial charge < -0.3 is 20.0 Å². The number of hydrogen-bond acceptors (Lipinski definition) is 7. The van der Waals surface area contributed by atoms with Crippen LogP contribution in [0.2, 0.25) is 0 Å². The summed E-state index contributed by atoms with van der Waals surface area (Å²) in [5, 5.41) is 16.9. The lowest BCUT2D eigenvalue weighted by atomic mass is 9.85. The number of benzene rings is 1. The van der Waals surface area contributed by atoms with E-state index in [0.717, 1.165) is 26.1 Å². The minimum atomic E-state index is -0.888. The van der Waals surface area contributed by atoms with Crippen LogP contribution >= 0.6 is 0 Å². The Hall–Kier alpha value is -2.92. The Kier molecular flexibility index (Phi) is 8.32. The number of carbonyl (C=O) groups excluding carboxylic acids is 1. The molecule has 1 aliphatic rings. The van der Waals surface area contributed by atoms with Crippen molar-refractivity contribution in [3.63, 3.8) is 0 Å². The van der Waals surface area contributed by atoms with E-state index in [1.54, 1.807) is 18.2 Å². The molecule has 34 heavy (non-hydrogen) atoms. The summed E-state index contributed by atoms with van der Waals surface area (Å²) in [6.07, 6.45) is 5.24. The number of rotatable bonds is 9. The maximum atomic E-state index is 13.5. The van der Waals surface area contributed by atoms with Gasteiger partial charge in [0, 0.05) is 13.1 Å². The van der Waals surface area contributed by atoms with Crippen LogP contribution in [0.3, 0.4) is 0 Å². The average Bonchev–Trinajstić information content (AvgIpc) is 2.79. The van der Waals surface area contributed by atoms with E-state index in [0.29, 0.717) is 36.0 Å². The van der Waals surface area contributed by atoms with Crippen molar-refractivity contribution in [1.82, 2.24) is 15.2 Å². The summed E-state index contributed by atoms with van der Waals surface area (Å²) in [6, 6.07) is 8.82. The minimum absolute atomic E-state index is 0.174.